The first kappa shape index (κ1) is 27.4. The molecule has 2 aromatic rings. The highest BCUT2D eigenvalue weighted by Gasteiger charge is 2.28. The Hall–Kier alpha value is -3.18. The molecule has 0 saturated carbocycles. The topological polar surface area (TPSA) is 97.2 Å². The number of carbonyl (C=O) groups excluding carboxylic acids is 1. The molecule has 8 heteroatoms. The predicted octanol–water partition coefficient (Wildman–Crippen LogP) is 3.83. The fraction of sp³-hybridized carbons (Fsp3) is 0.571. The Kier molecular flexibility index (Phi) is 8.91. The van der Waals surface area contributed by atoms with Gasteiger partial charge >= 0.3 is 0 Å². The number of hydrogen-bond donors (Lipinski definition) is 2. The summed E-state index contributed by atoms with van der Waals surface area (Å²) < 4.78 is 0. The molecule has 2 N–H and O–H groups in total. The van der Waals surface area contributed by atoms with Gasteiger partial charge in [0.1, 0.15) is 11.9 Å². The Morgan fingerprint density at radius 1 is 1.14 bits per heavy atom. The maximum Gasteiger partial charge on any atom is 0.234 e. The summed E-state index contributed by atoms with van der Waals surface area (Å²) in [5.74, 6) is 0.666. The Balaban J connectivity index is 1.64. The number of carbonyl (C=O) groups is 1. The van der Waals surface area contributed by atoms with Gasteiger partial charge in [0.25, 0.3) is 0 Å². The molecule has 0 bridgehead atoms. The molecule has 36 heavy (non-hydrogen) atoms. The summed E-state index contributed by atoms with van der Waals surface area (Å²) in [6.45, 7) is 18.8. The van der Waals surface area contributed by atoms with Crippen LogP contribution in [0.25, 0.3) is 0 Å². The van der Waals surface area contributed by atoms with Crippen molar-refractivity contribution < 1.29 is 4.79 Å². The summed E-state index contributed by atoms with van der Waals surface area (Å²) in [7, 11) is 0. The Morgan fingerprint density at radius 3 is 2.50 bits per heavy atom. The van der Waals surface area contributed by atoms with Gasteiger partial charge in [0, 0.05) is 62.1 Å². The number of piperazine rings is 1. The zero-order chi connectivity index (χ0) is 26.3. The number of hydrogen-bond acceptors (Lipinski definition) is 7. The highest BCUT2D eigenvalue weighted by atomic mass is 16.2. The molecule has 0 aliphatic carbocycles. The van der Waals surface area contributed by atoms with E-state index in [1.165, 1.54) is 5.69 Å². The molecule has 1 aliphatic heterocycles. The molecule has 1 fully saturated rings. The van der Waals surface area contributed by atoms with Crippen molar-refractivity contribution in [2.24, 2.45) is 10.8 Å². The highest BCUT2D eigenvalue weighted by Crippen LogP contribution is 2.26. The lowest BCUT2D eigenvalue weighted by Crippen LogP contribution is -2.46. The number of benzene rings is 1. The third-order valence-electron chi connectivity index (χ3n) is 6.55. The van der Waals surface area contributed by atoms with Crippen LogP contribution in [0.5, 0.6) is 0 Å². The average Bonchev–Trinajstić information content (AvgIpc) is 2.85. The van der Waals surface area contributed by atoms with Gasteiger partial charge in [-0.05, 0) is 36.1 Å². The number of nitrogens with one attached hydrogen (secondary N) is 2. The summed E-state index contributed by atoms with van der Waals surface area (Å²) in [5, 5.41) is 15.6. The first-order valence-electron chi connectivity index (χ1n) is 12.8. The van der Waals surface area contributed by atoms with Gasteiger partial charge in [0.15, 0.2) is 0 Å². The first-order valence-corrected chi connectivity index (χ1v) is 12.8. The summed E-state index contributed by atoms with van der Waals surface area (Å²) in [6, 6.07) is 10.6. The van der Waals surface area contributed by atoms with Gasteiger partial charge in [-0.15, -0.1) is 0 Å². The van der Waals surface area contributed by atoms with Crippen LogP contribution in [0.4, 0.5) is 11.5 Å². The third-order valence-corrected chi connectivity index (χ3v) is 6.55. The van der Waals surface area contributed by atoms with Crippen LogP contribution >= 0.6 is 0 Å². The maximum absolute atomic E-state index is 13.2. The molecule has 2 heterocycles. The maximum atomic E-state index is 13.2. The van der Waals surface area contributed by atoms with Crippen molar-refractivity contribution in [1.82, 2.24) is 20.2 Å². The minimum Gasteiger partial charge on any atom is -0.369 e. The second-order valence-electron chi connectivity index (χ2n) is 11.4. The van der Waals surface area contributed by atoms with E-state index in [2.05, 4.69) is 82.4 Å². The molecule has 194 valence electrons. The molecule has 1 aromatic carbocycles. The minimum atomic E-state index is -0.591. The van der Waals surface area contributed by atoms with E-state index in [1.54, 1.807) is 6.20 Å². The lowest BCUT2D eigenvalue weighted by Gasteiger charge is -2.35. The Morgan fingerprint density at radius 2 is 1.86 bits per heavy atom. The molecule has 3 rings (SSSR count). The third kappa shape index (κ3) is 7.66. The zero-order valence-electron chi connectivity index (χ0n) is 22.7. The van der Waals surface area contributed by atoms with Crippen molar-refractivity contribution in [2.45, 2.75) is 54.5 Å². The largest absolute Gasteiger partial charge is 0.369 e. The summed E-state index contributed by atoms with van der Waals surface area (Å²) >= 11 is 0. The number of rotatable bonds is 9. The van der Waals surface area contributed by atoms with E-state index < -0.39 is 5.41 Å². The fourth-order valence-corrected chi connectivity index (χ4v) is 4.28. The van der Waals surface area contributed by atoms with E-state index in [0.29, 0.717) is 25.3 Å². The van der Waals surface area contributed by atoms with E-state index in [9.17, 15) is 10.1 Å². The zero-order valence-corrected chi connectivity index (χ0v) is 22.7. The van der Waals surface area contributed by atoms with Crippen LogP contribution < -0.4 is 15.5 Å². The van der Waals surface area contributed by atoms with Gasteiger partial charge in [0.05, 0.1) is 0 Å². The van der Waals surface area contributed by atoms with Gasteiger partial charge in [-0.2, -0.15) is 5.26 Å². The summed E-state index contributed by atoms with van der Waals surface area (Å²) in [4.78, 5) is 26.5. The van der Waals surface area contributed by atoms with Crippen LogP contribution in [0.3, 0.4) is 0 Å². The molecule has 1 aliphatic rings. The van der Waals surface area contributed by atoms with E-state index in [4.69, 9.17) is 0 Å². The number of amides is 1. The monoisotopic (exact) mass is 491 g/mol. The van der Waals surface area contributed by atoms with Crippen molar-refractivity contribution in [3.8, 4) is 6.07 Å². The lowest BCUT2D eigenvalue weighted by molar-refractivity contribution is -0.129. The SMILES string of the molecule is CCN1CCN(c2cccc(CC(C)(C)C(=O)NCc3cnc(C#N)nc3NCC(C)(C)C)c2)CC1. The molecule has 0 spiro atoms. The fourth-order valence-electron chi connectivity index (χ4n) is 4.28. The smallest absolute Gasteiger partial charge is 0.234 e. The number of nitrogens with zero attached hydrogens (tertiary/aromatic N) is 5. The van der Waals surface area contributed by atoms with Gasteiger partial charge in [0.2, 0.25) is 11.7 Å². The molecule has 0 unspecified atom stereocenters. The van der Waals surface area contributed by atoms with Crippen LogP contribution in [-0.2, 0) is 17.8 Å². The van der Waals surface area contributed by atoms with Crippen LogP contribution in [0.15, 0.2) is 30.5 Å². The van der Waals surface area contributed by atoms with E-state index in [0.717, 1.165) is 43.9 Å². The van der Waals surface area contributed by atoms with Crippen molar-refractivity contribution in [3.63, 3.8) is 0 Å². The molecule has 1 saturated heterocycles. The molecule has 1 amide bonds. The van der Waals surface area contributed by atoms with Gasteiger partial charge in [-0.3, -0.25) is 4.79 Å². The van der Waals surface area contributed by atoms with Crippen molar-refractivity contribution in [2.75, 3.05) is 49.5 Å². The number of nitriles is 1. The number of anilines is 2. The van der Waals surface area contributed by atoms with Gasteiger partial charge < -0.3 is 20.4 Å². The van der Waals surface area contributed by atoms with E-state index >= 15 is 0 Å². The first-order chi connectivity index (χ1) is 17.0. The van der Waals surface area contributed by atoms with Crippen LogP contribution in [0.2, 0.25) is 0 Å². The predicted molar refractivity (Wildman–Crippen MR) is 145 cm³/mol. The van der Waals surface area contributed by atoms with Crippen LogP contribution in [-0.4, -0.2) is 60.0 Å². The number of likely N-dealkylation sites (N-methyl/N-ethyl adjacent to an activating group) is 1. The van der Waals surface area contributed by atoms with E-state index in [1.807, 2.05) is 19.9 Å². The van der Waals surface area contributed by atoms with Crippen molar-refractivity contribution >= 4 is 17.4 Å². The molecule has 0 radical (unpaired) electrons. The summed E-state index contributed by atoms with van der Waals surface area (Å²) in [5.41, 5.74) is 2.59. The van der Waals surface area contributed by atoms with E-state index in [-0.39, 0.29) is 17.1 Å². The average molecular weight is 492 g/mol. The second-order valence-corrected chi connectivity index (χ2v) is 11.4. The number of aromatic nitrogens is 2. The standard InChI is InChI=1S/C28H41N7O/c1-7-34-11-13-35(14-12-34)23-10-8-9-21(15-23)16-28(5,6)26(36)31-19-22-18-30-24(17-29)33-25(22)32-20-27(2,3)4/h8-10,15,18H,7,11-14,16,19-20H2,1-6H3,(H,31,36)(H,30,32,33). The van der Waals surface area contributed by atoms with Crippen LogP contribution in [0, 0.1) is 22.2 Å². The van der Waals surface area contributed by atoms with Crippen LogP contribution in [0.1, 0.15) is 58.5 Å². The minimum absolute atomic E-state index is 0.0319. The molecular weight excluding hydrogens is 450 g/mol. The van der Waals surface area contributed by atoms with Gasteiger partial charge in [-0.1, -0.05) is 53.7 Å². The molecule has 0 atom stereocenters. The second kappa shape index (κ2) is 11.7. The summed E-state index contributed by atoms with van der Waals surface area (Å²) in [6.07, 6.45) is 2.26. The lowest BCUT2D eigenvalue weighted by atomic mass is 9.84. The molecule has 1 aromatic heterocycles. The normalized spacial score (nSPS) is 14.9. The Bertz CT molecular complexity index is 1080. The van der Waals surface area contributed by atoms with Gasteiger partial charge in [-0.25, -0.2) is 9.97 Å². The highest BCUT2D eigenvalue weighted by molar-refractivity contribution is 5.82. The van der Waals surface area contributed by atoms with Crippen molar-refractivity contribution in [3.05, 3.63) is 47.4 Å². The Labute approximate surface area is 216 Å². The van der Waals surface area contributed by atoms with Crippen molar-refractivity contribution in [1.29, 1.82) is 5.26 Å². The molecule has 8 nitrogen and oxygen atoms in total. The quantitative estimate of drug-likeness (QED) is 0.550. The molecular formula is C28H41N7O.